The van der Waals surface area contributed by atoms with Gasteiger partial charge in [0, 0.05) is 18.2 Å². The SMILES string of the molecule is C=C1C(CCC)C2(OCCO2)C(n2ccccc2=O)C(Cl)C12OCCO2. The van der Waals surface area contributed by atoms with Crippen LogP contribution in [0.5, 0.6) is 0 Å². The predicted octanol–water partition coefficient (Wildman–Crippen LogP) is 2.47. The number of hydrogen-bond donors (Lipinski definition) is 0. The molecule has 0 amide bonds. The second kappa shape index (κ2) is 6.77. The minimum atomic E-state index is -1.14. The van der Waals surface area contributed by atoms with E-state index in [1.54, 1.807) is 22.9 Å². The molecular formula is C19H24ClNO5. The van der Waals surface area contributed by atoms with E-state index >= 15 is 0 Å². The molecule has 2 spiro atoms. The Morgan fingerprint density at radius 3 is 2.46 bits per heavy atom. The molecule has 3 unspecified atom stereocenters. The van der Waals surface area contributed by atoms with Crippen molar-refractivity contribution in [1.29, 1.82) is 0 Å². The highest BCUT2D eigenvalue weighted by atomic mass is 35.5. The molecule has 2 saturated heterocycles. The normalized spacial score (nSPS) is 32.5. The first kappa shape index (κ1) is 18.2. The zero-order chi connectivity index (χ0) is 18.4. The number of pyridine rings is 1. The van der Waals surface area contributed by atoms with Gasteiger partial charge >= 0.3 is 0 Å². The van der Waals surface area contributed by atoms with E-state index in [-0.39, 0.29) is 11.5 Å². The van der Waals surface area contributed by atoms with Crippen molar-refractivity contribution in [2.45, 2.75) is 42.8 Å². The molecule has 1 aromatic heterocycles. The van der Waals surface area contributed by atoms with Crippen LogP contribution in [0.1, 0.15) is 25.8 Å². The summed E-state index contributed by atoms with van der Waals surface area (Å²) in [6, 6.07) is 4.41. The van der Waals surface area contributed by atoms with Crippen molar-refractivity contribution in [2.24, 2.45) is 5.92 Å². The van der Waals surface area contributed by atoms with Gasteiger partial charge < -0.3 is 23.5 Å². The first-order valence-corrected chi connectivity index (χ1v) is 9.57. The van der Waals surface area contributed by atoms with Gasteiger partial charge in [0.2, 0.25) is 5.79 Å². The number of rotatable bonds is 3. The smallest absolute Gasteiger partial charge is 0.251 e. The van der Waals surface area contributed by atoms with Crippen LogP contribution in [-0.2, 0) is 18.9 Å². The third kappa shape index (κ3) is 2.43. The summed E-state index contributed by atoms with van der Waals surface area (Å²) in [4.78, 5) is 12.6. The summed E-state index contributed by atoms with van der Waals surface area (Å²) in [6.45, 7) is 8.15. The van der Waals surface area contributed by atoms with Crippen molar-refractivity contribution >= 4 is 11.6 Å². The Hall–Kier alpha value is -1.18. The molecule has 1 aliphatic carbocycles. The highest BCUT2D eigenvalue weighted by Gasteiger charge is 2.68. The van der Waals surface area contributed by atoms with Crippen LogP contribution in [-0.4, -0.2) is 47.9 Å². The molecule has 3 heterocycles. The first-order chi connectivity index (χ1) is 12.6. The van der Waals surface area contributed by atoms with E-state index in [1.807, 2.05) is 0 Å². The third-order valence-corrected chi connectivity index (χ3v) is 6.12. The molecule has 4 rings (SSSR count). The second-order valence-corrected chi connectivity index (χ2v) is 7.41. The van der Waals surface area contributed by atoms with Gasteiger partial charge in [-0.3, -0.25) is 4.79 Å². The first-order valence-electron chi connectivity index (χ1n) is 9.13. The van der Waals surface area contributed by atoms with Crippen LogP contribution in [0.3, 0.4) is 0 Å². The summed E-state index contributed by atoms with van der Waals surface area (Å²) < 4.78 is 25.9. The van der Waals surface area contributed by atoms with E-state index in [0.717, 1.165) is 18.4 Å². The van der Waals surface area contributed by atoms with Crippen molar-refractivity contribution < 1.29 is 18.9 Å². The van der Waals surface area contributed by atoms with Crippen LogP contribution in [0.25, 0.3) is 0 Å². The Morgan fingerprint density at radius 1 is 1.19 bits per heavy atom. The molecule has 0 radical (unpaired) electrons. The molecule has 1 saturated carbocycles. The van der Waals surface area contributed by atoms with Crippen molar-refractivity contribution in [3.05, 3.63) is 46.9 Å². The van der Waals surface area contributed by atoms with Gasteiger partial charge in [-0.2, -0.15) is 0 Å². The van der Waals surface area contributed by atoms with Crippen molar-refractivity contribution in [1.82, 2.24) is 4.57 Å². The Balaban J connectivity index is 1.91. The lowest BCUT2D eigenvalue weighted by Crippen LogP contribution is -2.65. The predicted molar refractivity (Wildman–Crippen MR) is 96.2 cm³/mol. The molecule has 6 nitrogen and oxygen atoms in total. The van der Waals surface area contributed by atoms with Gasteiger partial charge in [-0.05, 0) is 18.1 Å². The van der Waals surface area contributed by atoms with E-state index < -0.39 is 23.0 Å². The van der Waals surface area contributed by atoms with Crippen LogP contribution < -0.4 is 5.56 Å². The number of nitrogens with zero attached hydrogens (tertiary/aromatic N) is 1. The fourth-order valence-corrected chi connectivity index (χ4v) is 5.10. The van der Waals surface area contributed by atoms with Crippen LogP contribution >= 0.6 is 11.6 Å². The average molecular weight is 382 g/mol. The summed E-state index contributed by atoms with van der Waals surface area (Å²) in [7, 11) is 0. The van der Waals surface area contributed by atoms with Crippen molar-refractivity contribution in [3.63, 3.8) is 0 Å². The Kier molecular flexibility index (Phi) is 4.73. The number of hydrogen-bond acceptors (Lipinski definition) is 5. The van der Waals surface area contributed by atoms with Gasteiger partial charge in [0.15, 0.2) is 5.79 Å². The van der Waals surface area contributed by atoms with Crippen LogP contribution in [0.4, 0.5) is 0 Å². The Bertz CT molecular complexity index is 735. The van der Waals surface area contributed by atoms with Gasteiger partial charge in [-0.25, -0.2) is 0 Å². The third-order valence-electron chi connectivity index (χ3n) is 5.59. The highest BCUT2D eigenvalue weighted by Crippen LogP contribution is 2.57. The van der Waals surface area contributed by atoms with Crippen LogP contribution in [0.2, 0.25) is 0 Å². The standard InChI is InChI=1S/C19H24ClNO5/c1-3-6-14-13(2)18(23-9-10-24-18)16(20)17(19(14)25-11-12-26-19)21-8-5-4-7-15(21)22/h4-5,7-8,14,16-17H,2-3,6,9-12H2,1H3. The zero-order valence-corrected chi connectivity index (χ0v) is 15.6. The van der Waals surface area contributed by atoms with E-state index in [4.69, 9.17) is 30.5 Å². The monoisotopic (exact) mass is 381 g/mol. The van der Waals surface area contributed by atoms with E-state index in [1.165, 1.54) is 6.07 Å². The maximum atomic E-state index is 12.6. The highest BCUT2D eigenvalue weighted by molar-refractivity contribution is 6.22. The van der Waals surface area contributed by atoms with Gasteiger partial charge in [-0.1, -0.05) is 26.0 Å². The topological polar surface area (TPSA) is 58.9 Å². The molecule has 3 aliphatic rings. The number of aromatic nitrogens is 1. The minimum Gasteiger partial charge on any atom is -0.345 e. The quantitative estimate of drug-likeness (QED) is 0.594. The number of alkyl halides is 1. The molecule has 0 N–H and O–H groups in total. The molecule has 0 bridgehead atoms. The van der Waals surface area contributed by atoms with Crippen molar-refractivity contribution in [3.8, 4) is 0 Å². The lowest BCUT2D eigenvalue weighted by molar-refractivity contribution is -0.271. The van der Waals surface area contributed by atoms with Gasteiger partial charge in [0.05, 0.1) is 26.4 Å². The molecule has 3 atom stereocenters. The number of halogens is 1. The molecule has 7 heteroatoms. The largest absolute Gasteiger partial charge is 0.345 e. The summed E-state index contributed by atoms with van der Waals surface area (Å²) in [5.41, 5.74) is 0.566. The van der Waals surface area contributed by atoms with Gasteiger partial charge in [-0.15, -0.1) is 11.6 Å². The fourth-order valence-electron chi connectivity index (χ4n) is 4.54. The summed E-state index contributed by atoms with van der Waals surface area (Å²) >= 11 is 6.95. The lowest BCUT2D eigenvalue weighted by atomic mass is 9.70. The summed E-state index contributed by atoms with van der Waals surface area (Å²) in [6.07, 6.45) is 3.39. The summed E-state index contributed by atoms with van der Waals surface area (Å²) in [5, 5.41) is -0.719. The second-order valence-electron chi connectivity index (χ2n) is 6.94. The Labute approximate surface area is 157 Å². The molecule has 26 heavy (non-hydrogen) atoms. The summed E-state index contributed by atoms with van der Waals surface area (Å²) in [5.74, 6) is -2.38. The maximum absolute atomic E-state index is 12.6. The van der Waals surface area contributed by atoms with E-state index in [9.17, 15) is 4.79 Å². The minimum absolute atomic E-state index is 0.169. The Morgan fingerprint density at radius 2 is 1.85 bits per heavy atom. The van der Waals surface area contributed by atoms with Crippen LogP contribution in [0, 0.1) is 5.92 Å². The zero-order valence-electron chi connectivity index (χ0n) is 14.9. The lowest BCUT2D eigenvalue weighted by Gasteiger charge is -2.54. The van der Waals surface area contributed by atoms with Crippen molar-refractivity contribution in [2.75, 3.05) is 26.4 Å². The van der Waals surface area contributed by atoms with E-state index in [2.05, 4.69) is 13.5 Å². The molecular weight excluding hydrogens is 358 g/mol. The number of ether oxygens (including phenoxy) is 4. The molecule has 2 aliphatic heterocycles. The van der Waals surface area contributed by atoms with Gasteiger partial charge in [0.25, 0.3) is 5.56 Å². The van der Waals surface area contributed by atoms with E-state index in [0.29, 0.717) is 26.4 Å². The molecule has 142 valence electrons. The molecule has 3 fully saturated rings. The fraction of sp³-hybridized carbons (Fsp3) is 0.632. The van der Waals surface area contributed by atoms with Gasteiger partial charge in [0.1, 0.15) is 11.4 Å². The average Bonchev–Trinajstić information content (AvgIpc) is 3.31. The molecule has 1 aromatic rings. The molecule has 0 aromatic carbocycles. The van der Waals surface area contributed by atoms with Crippen LogP contribution in [0.15, 0.2) is 41.3 Å². The maximum Gasteiger partial charge on any atom is 0.251 e.